The predicted octanol–water partition coefficient (Wildman–Crippen LogP) is 5.28. The van der Waals surface area contributed by atoms with E-state index in [1.54, 1.807) is 0 Å². The number of allylic oxidation sites excluding steroid dienone is 4. The van der Waals surface area contributed by atoms with Crippen molar-refractivity contribution in [2.75, 3.05) is 0 Å². The monoisotopic (exact) mass is 430 g/mol. The lowest BCUT2D eigenvalue weighted by Crippen LogP contribution is -2.50. The zero-order valence-electron chi connectivity index (χ0n) is 11.7. The molecule has 4 fully saturated rings. The summed E-state index contributed by atoms with van der Waals surface area (Å²) in [5.74, 6) is 1.88. The van der Waals surface area contributed by atoms with E-state index in [1.165, 1.54) is 6.42 Å². The fraction of sp³-hybridized carbons (Fsp3) is 0.750. The van der Waals surface area contributed by atoms with E-state index >= 15 is 0 Å². The van der Waals surface area contributed by atoms with Crippen LogP contribution >= 0.6 is 69.6 Å². The third kappa shape index (κ3) is 1.22. The molecule has 7 heteroatoms. The van der Waals surface area contributed by atoms with Gasteiger partial charge in [-0.15, -0.1) is 23.2 Å². The van der Waals surface area contributed by atoms with Crippen molar-refractivity contribution in [3.63, 3.8) is 0 Å². The first kappa shape index (κ1) is 15.3. The second-order valence-electron chi connectivity index (χ2n) is 7.85. The van der Waals surface area contributed by atoms with E-state index in [4.69, 9.17) is 74.3 Å². The summed E-state index contributed by atoms with van der Waals surface area (Å²) in [6.07, 6.45) is 5.87. The summed E-state index contributed by atoms with van der Waals surface area (Å²) in [5.41, 5.74) is 0. The Morgan fingerprint density at radius 1 is 0.826 bits per heavy atom. The first-order valence-corrected chi connectivity index (χ1v) is 10.2. The van der Waals surface area contributed by atoms with Gasteiger partial charge in [0.05, 0.1) is 22.3 Å². The van der Waals surface area contributed by atoms with Crippen molar-refractivity contribution in [2.45, 2.75) is 32.7 Å². The zero-order valence-corrected chi connectivity index (χ0v) is 16.2. The van der Waals surface area contributed by atoms with Crippen molar-refractivity contribution in [3.05, 3.63) is 22.2 Å². The number of fused-ring (bicyclic) bond motifs is 16. The first-order valence-electron chi connectivity index (χ1n) is 7.92. The van der Waals surface area contributed by atoms with Gasteiger partial charge in [0.25, 0.3) is 0 Å². The van der Waals surface area contributed by atoms with Gasteiger partial charge in [0.2, 0.25) is 0 Å². The summed E-state index contributed by atoms with van der Waals surface area (Å²) in [6.45, 7) is 0. The van der Waals surface area contributed by atoms with Gasteiger partial charge in [0.15, 0.2) is 4.33 Å². The van der Waals surface area contributed by atoms with E-state index < -0.39 is 14.1 Å². The van der Waals surface area contributed by atoms with Gasteiger partial charge in [0, 0.05) is 11.8 Å². The van der Waals surface area contributed by atoms with Crippen molar-refractivity contribution in [1.82, 2.24) is 0 Å². The Balaban J connectivity index is 1.58. The second kappa shape index (κ2) is 4.03. The average molecular weight is 433 g/mol. The lowest BCUT2D eigenvalue weighted by atomic mass is 9.62. The van der Waals surface area contributed by atoms with Crippen LogP contribution in [-0.2, 0) is 4.74 Å². The maximum absolute atomic E-state index is 6.99. The van der Waals surface area contributed by atoms with E-state index in [-0.39, 0.29) is 24.0 Å². The predicted molar refractivity (Wildman–Crippen MR) is 93.7 cm³/mol. The van der Waals surface area contributed by atoms with Gasteiger partial charge < -0.3 is 4.74 Å². The van der Waals surface area contributed by atoms with Gasteiger partial charge in [-0.2, -0.15) is 0 Å². The molecule has 2 heterocycles. The van der Waals surface area contributed by atoms with Crippen LogP contribution in [0.5, 0.6) is 0 Å². The van der Waals surface area contributed by atoms with Crippen LogP contribution in [0.15, 0.2) is 22.2 Å². The molecule has 10 atom stereocenters. The minimum Gasteiger partial charge on any atom is -0.374 e. The highest BCUT2D eigenvalue weighted by Gasteiger charge is 2.89. The largest absolute Gasteiger partial charge is 0.374 e. The molecule has 1 nitrogen and oxygen atoms in total. The molecule has 6 rings (SSSR count). The molecule has 2 saturated carbocycles. The van der Waals surface area contributed by atoms with Crippen molar-refractivity contribution in [1.29, 1.82) is 0 Å². The van der Waals surface area contributed by atoms with Crippen LogP contribution in [0.25, 0.3) is 0 Å². The quantitative estimate of drug-likeness (QED) is 0.373. The average Bonchev–Trinajstić information content (AvgIpc) is 3.28. The summed E-state index contributed by atoms with van der Waals surface area (Å²) in [6, 6.07) is 0. The maximum Gasteiger partial charge on any atom is 0.167 e. The van der Waals surface area contributed by atoms with Crippen molar-refractivity contribution >= 4 is 69.6 Å². The maximum atomic E-state index is 6.99. The van der Waals surface area contributed by atoms with Gasteiger partial charge >= 0.3 is 0 Å². The van der Waals surface area contributed by atoms with Crippen molar-refractivity contribution in [2.24, 2.45) is 35.5 Å². The number of alkyl halides is 4. The molecule has 0 spiro atoms. The topological polar surface area (TPSA) is 9.23 Å². The standard InChI is InChI=1S/C16H12Cl6O/c17-12-13(18)15(20)9-8(14(12,19)16(15,21)22)10-6-4-1-2-5(3-4)7(6)11(9)23-10/h1-2,4-11H,3H2/t4-,5+,6-,7+,8+,9-,10-,11+,14-,15+. The van der Waals surface area contributed by atoms with Crippen LogP contribution in [0.4, 0.5) is 0 Å². The Morgan fingerprint density at radius 2 is 1.26 bits per heavy atom. The molecule has 0 amide bonds. The Kier molecular flexibility index (Phi) is 2.68. The lowest BCUT2D eigenvalue weighted by Gasteiger charge is -2.43. The Bertz CT molecular complexity index is 663. The molecule has 2 aliphatic heterocycles. The smallest absolute Gasteiger partial charge is 0.167 e. The Labute approximate surface area is 164 Å². The molecule has 4 aliphatic carbocycles. The molecule has 0 radical (unpaired) electrons. The van der Waals surface area contributed by atoms with E-state index in [9.17, 15) is 0 Å². The lowest BCUT2D eigenvalue weighted by molar-refractivity contribution is 0.0491. The van der Waals surface area contributed by atoms with E-state index in [1.807, 2.05) is 0 Å². The minimum atomic E-state index is -1.43. The SMILES string of the molecule is ClC1=C(Cl)[C@]2(Cl)[C@@H]3[C@@H]4O[C@@H]([C@@H]5[C@H]4[C@@H]4C=C[C@H]5C4)[C@@H]3[C@@]1(Cl)C2(Cl)Cl. The molecule has 2 saturated heterocycles. The molecule has 124 valence electrons. The molecule has 23 heavy (non-hydrogen) atoms. The molecule has 6 aliphatic rings. The van der Waals surface area contributed by atoms with Gasteiger partial charge in [-0.3, -0.25) is 0 Å². The fourth-order valence-corrected chi connectivity index (χ4v) is 9.82. The van der Waals surface area contributed by atoms with E-state index in [0.29, 0.717) is 33.7 Å². The molecule has 0 aromatic rings. The van der Waals surface area contributed by atoms with Gasteiger partial charge in [-0.1, -0.05) is 58.6 Å². The number of hydrogen-bond donors (Lipinski definition) is 0. The Morgan fingerprint density at radius 3 is 1.70 bits per heavy atom. The van der Waals surface area contributed by atoms with Crippen LogP contribution < -0.4 is 0 Å². The van der Waals surface area contributed by atoms with E-state index in [0.717, 1.165) is 0 Å². The summed E-state index contributed by atoms with van der Waals surface area (Å²) >= 11 is 40.4. The zero-order chi connectivity index (χ0) is 16.1. The number of halogens is 6. The normalized spacial score (nSPS) is 65.8. The van der Waals surface area contributed by atoms with Crippen molar-refractivity contribution in [3.8, 4) is 0 Å². The summed E-state index contributed by atoms with van der Waals surface area (Å²) in [4.78, 5) is -2.34. The molecule has 6 bridgehead atoms. The highest BCUT2D eigenvalue weighted by atomic mass is 35.5. The Hall–Kier alpha value is 1.18. The summed E-state index contributed by atoms with van der Waals surface area (Å²) in [7, 11) is 0. The highest BCUT2D eigenvalue weighted by Crippen LogP contribution is 2.82. The van der Waals surface area contributed by atoms with Gasteiger partial charge in [-0.25, -0.2) is 0 Å². The van der Waals surface area contributed by atoms with Crippen LogP contribution in [0.3, 0.4) is 0 Å². The van der Waals surface area contributed by atoms with E-state index in [2.05, 4.69) is 12.2 Å². The highest BCUT2D eigenvalue weighted by molar-refractivity contribution is 6.65. The number of hydrogen-bond acceptors (Lipinski definition) is 1. The van der Waals surface area contributed by atoms with Crippen LogP contribution in [-0.4, -0.2) is 26.3 Å². The third-order valence-electron chi connectivity index (χ3n) is 7.41. The third-order valence-corrected chi connectivity index (χ3v) is 11.7. The van der Waals surface area contributed by atoms with Gasteiger partial charge in [0.1, 0.15) is 9.75 Å². The second-order valence-corrected chi connectivity index (χ2v) is 11.1. The van der Waals surface area contributed by atoms with Crippen LogP contribution in [0.1, 0.15) is 6.42 Å². The minimum absolute atomic E-state index is 0.00321. The summed E-state index contributed by atoms with van der Waals surface area (Å²) in [5, 5.41) is 0.599. The van der Waals surface area contributed by atoms with Crippen LogP contribution in [0.2, 0.25) is 0 Å². The molecular weight excluding hydrogens is 421 g/mol. The fourth-order valence-electron chi connectivity index (χ4n) is 6.76. The first-order chi connectivity index (χ1) is 10.8. The molecular formula is C16H12Cl6O. The molecule has 0 aromatic heterocycles. The molecule has 0 aromatic carbocycles. The number of rotatable bonds is 0. The van der Waals surface area contributed by atoms with Crippen LogP contribution in [0, 0.1) is 35.5 Å². The molecule has 0 N–H and O–H groups in total. The van der Waals surface area contributed by atoms with Gasteiger partial charge in [-0.05, 0) is 30.1 Å². The van der Waals surface area contributed by atoms with Crippen molar-refractivity contribution < 1.29 is 4.74 Å². The number of ether oxygens (including phenoxy) is 1. The summed E-state index contributed by atoms with van der Waals surface area (Å²) < 4.78 is 4.99. The molecule has 0 unspecified atom stereocenters.